The standard InChI is InChI=1S/C15H23N3O3/c1-17-15(19)14-11-20-8-6-18(14)7-9-21-13-4-2-12(10-16)3-5-13/h2-5,14H,6-11,16H2,1H3,(H,17,19). The molecule has 1 unspecified atom stereocenters. The molecule has 0 radical (unpaired) electrons. The quantitative estimate of drug-likeness (QED) is 0.770. The van der Waals surface area contributed by atoms with Crippen LogP contribution >= 0.6 is 0 Å². The normalized spacial score (nSPS) is 19.2. The minimum absolute atomic E-state index is 0.0120. The molecule has 1 aromatic carbocycles. The van der Waals surface area contributed by atoms with Gasteiger partial charge in [-0.15, -0.1) is 0 Å². The van der Waals surface area contributed by atoms with Crippen LogP contribution in [0.4, 0.5) is 0 Å². The van der Waals surface area contributed by atoms with Gasteiger partial charge in [-0.25, -0.2) is 0 Å². The molecule has 21 heavy (non-hydrogen) atoms. The summed E-state index contributed by atoms with van der Waals surface area (Å²) in [4.78, 5) is 13.9. The van der Waals surface area contributed by atoms with Crippen LogP contribution in [0.3, 0.4) is 0 Å². The number of nitrogens with zero attached hydrogens (tertiary/aromatic N) is 1. The fourth-order valence-electron chi connectivity index (χ4n) is 2.32. The lowest BCUT2D eigenvalue weighted by atomic mass is 10.2. The van der Waals surface area contributed by atoms with E-state index in [9.17, 15) is 4.79 Å². The third-order valence-corrected chi connectivity index (χ3v) is 3.59. The van der Waals surface area contributed by atoms with Gasteiger partial charge in [0.1, 0.15) is 18.4 Å². The van der Waals surface area contributed by atoms with Crippen molar-refractivity contribution in [3.05, 3.63) is 29.8 Å². The highest BCUT2D eigenvalue weighted by Crippen LogP contribution is 2.12. The predicted octanol–water partition coefficient (Wildman–Crippen LogP) is -0.0291. The van der Waals surface area contributed by atoms with E-state index in [1.54, 1.807) is 7.05 Å². The largest absolute Gasteiger partial charge is 0.492 e. The summed E-state index contributed by atoms with van der Waals surface area (Å²) >= 11 is 0. The molecule has 6 heteroatoms. The maximum Gasteiger partial charge on any atom is 0.239 e. The number of nitrogens with two attached hydrogens (primary N) is 1. The summed E-state index contributed by atoms with van der Waals surface area (Å²) in [5.41, 5.74) is 6.64. The number of hydrogen-bond acceptors (Lipinski definition) is 5. The molecule has 116 valence electrons. The SMILES string of the molecule is CNC(=O)C1COCCN1CCOc1ccc(CN)cc1. The Bertz CT molecular complexity index is 450. The van der Waals surface area contributed by atoms with E-state index in [1.165, 1.54) is 0 Å². The van der Waals surface area contributed by atoms with Crippen molar-refractivity contribution >= 4 is 5.91 Å². The number of morpholine rings is 1. The molecular formula is C15H23N3O3. The topological polar surface area (TPSA) is 76.8 Å². The first-order valence-corrected chi connectivity index (χ1v) is 7.20. The predicted molar refractivity (Wildman–Crippen MR) is 80.1 cm³/mol. The smallest absolute Gasteiger partial charge is 0.239 e. The van der Waals surface area contributed by atoms with Crippen LogP contribution in [-0.2, 0) is 16.1 Å². The van der Waals surface area contributed by atoms with Crippen LogP contribution < -0.4 is 15.8 Å². The first-order chi connectivity index (χ1) is 10.2. The third-order valence-electron chi connectivity index (χ3n) is 3.59. The fourth-order valence-corrected chi connectivity index (χ4v) is 2.32. The Kier molecular flexibility index (Phi) is 5.98. The van der Waals surface area contributed by atoms with Gasteiger partial charge in [-0.1, -0.05) is 12.1 Å². The molecule has 2 rings (SSSR count). The van der Waals surface area contributed by atoms with Crippen molar-refractivity contribution in [2.75, 3.05) is 40.0 Å². The number of carbonyl (C=O) groups excluding carboxylic acids is 1. The van der Waals surface area contributed by atoms with Crippen LogP contribution in [0.1, 0.15) is 5.56 Å². The average molecular weight is 293 g/mol. The summed E-state index contributed by atoms with van der Waals surface area (Å²) in [6.07, 6.45) is 0. The van der Waals surface area contributed by atoms with Gasteiger partial charge in [0, 0.05) is 26.7 Å². The summed E-state index contributed by atoms with van der Waals surface area (Å²) in [6, 6.07) is 7.51. The van der Waals surface area contributed by atoms with Crippen LogP contribution in [0.15, 0.2) is 24.3 Å². The first kappa shape index (κ1) is 15.8. The van der Waals surface area contributed by atoms with Crippen molar-refractivity contribution in [3.63, 3.8) is 0 Å². The fraction of sp³-hybridized carbons (Fsp3) is 0.533. The van der Waals surface area contributed by atoms with Crippen molar-refractivity contribution < 1.29 is 14.3 Å². The average Bonchev–Trinajstić information content (AvgIpc) is 2.55. The van der Waals surface area contributed by atoms with E-state index >= 15 is 0 Å². The second-order valence-corrected chi connectivity index (χ2v) is 4.94. The maximum atomic E-state index is 11.8. The monoisotopic (exact) mass is 293 g/mol. The molecule has 1 saturated heterocycles. The highest BCUT2D eigenvalue weighted by molar-refractivity contribution is 5.81. The second kappa shape index (κ2) is 7.97. The van der Waals surface area contributed by atoms with Crippen molar-refractivity contribution in [2.45, 2.75) is 12.6 Å². The molecule has 1 aliphatic heterocycles. The summed E-state index contributed by atoms with van der Waals surface area (Å²) < 4.78 is 11.1. The van der Waals surface area contributed by atoms with E-state index < -0.39 is 0 Å². The maximum absolute atomic E-state index is 11.8. The van der Waals surface area contributed by atoms with E-state index in [1.807, 2.05) is 24.3 Å². The lowest BCUT2D eigenvalue weighted by Gasteiger charge is -2.33. The van der Waals surface area contributed by atoms with Crippen molar-refractivity contribution in [1.29, 1.82) is 0 Å². The summed E-state index contributed by atoms with van der Waals surface area (Å²) in [6.45, 7) is 3.59. The van der Waals surface area contributed by atoms with Gasteiger partial charge in [-0.3, -0.25) is 9.69 Å². The van der Waals surface area contributed by atoms with Crippen molar-refractivity contribution in [2.24, 2.45) is 5.73 Å². The molecular weight excluding hydrogens is 270 g/mol. The minimum Gasteiger partial charge on any atom is -0.492 e. The van der Waals surface area contributed by atoms with Gasteiger partial charge in [0.15, 0.2) is 0 Å². The lowest BCUT2D eigenvalue weighted by molar-refractivity contribution is -0.132. The molecule has 1 aromatic rings. The molecule has 1 atom stereocenters. The van der Waals surface area contributed by atoms with E-state index in [2.05, 4.69) is 10.2 Å². The molecule has 0 aliphatic carbocycles. The molecule has 6 nitrogen and oxygen atoms in total. The number of ether oxygens (including phenoxy) is 2. The molecule has 1 fully saturated rings. The Balaban J connectivity index is 1.81. The summed E-state index contributed by atoms with van der Waals surface area (Å²) in [7, 11) is 1.64. The van der Waals surface area contributed by atoms with Crippen LogP contribution in [0.25, 0.3) is 0 Å². The highest BCUT2D eigenvalue weighted by Gasteiger charge is 2.28. The van der Waals surface area contributed by atoms with Crippen LogP contribution in [0.2, 0.25) is 0 Å². The highest BCUT2D eigenvalue weighted by atomic mass is 16.5. The Labute approximate surface area is 125 Å². The summed E-state index contributed by atoms with van der Waals surface area (Å²) in [5.74, 6) is 0.805. The molecule has 3 N–H and O–H groups in total. The number of benzene rings is 1. The van der Waals surface area contributed by atoms with Crippen LogP contribution in [0.5, 0.6) is 5.75 Å². The Morgan fingerprint density at radius 1 is 1.48 bits per heavy atom. The number of carbonyl (C=O) groups is 1. The van der Waals surface area contributed by atoms with Gasteiger partial charge >= 0.3 is 0 Å². The minimum atomic E-state index is -0.230. The van der Waals surface area contributed by atoms with Crippen LogP contribution in [-0.4, -0.2) is 56.8 Å². The molecule has 1 aliphatic rings. The molecule has 0 aromatic heterocycles. The van der Waals surface area contributed by atoms with Crippen molar-refractivity contribution in [3.8, 4) is 5.75 Å². The third kappa shape index (κ3) is 4.42. The first-order valence-electron chi connectivity index (χ1n) is 7.20. The molecule has 0 saturated carbocycles. The Morgan fingerprint density at radius 3 is 2.90 bits per heavy atom. The van der Waals surface area contributed by atoms with E-state index in [0.29, 0.717) is 32.9 Å². The van der Waals surface area contributed by atoms with Gasteiger partial charge in [0.05, 0.1) is 13.2 Å². The Hall–Kier alpha value is -1.63. The summed E-state index contributed by atoms with van der Waals surface area (Å²) in [5, 5.41) is 2.67. The van der Waals surface area contributed by atoms with E-state index in [0.717, 1.165) is 17.9 Å². The Morgan fingerprint density at radius 2 is 2.24 bits per heavy atom. The zero-order valence-electron chi connectivity index (χ0n) is 12.4. The number of nitrogens with one attached hydrogen (secondary N) is 1. The molecule has 1 heterocycles. The lowest BCUT2D eigenvalue weighted by Crippen LogP contribution is -2.54. The van der Waals surface area contributed by atoms with Gasteiger partial charge in [-0.2, -0.15) is 0 Å². The second-order valence-electron chi connectivity index (χ2n) is 4.94. The number of hydrogen-bond donors (Lipinski definition) is 2. The molecule has 0 spiro atoms. The number of amides is 1. The number of likely N-dealkylation sites (N-methyl/N-ethyl adjacent to an activating group) is 1. The van der Waals surface area contributed by atoms with E-state index in [4.69, 9.17) is 15.2 Å². The van der Waals surface area contributed by atoms with Crippen molar-refractivity contribution in [1.82, 2.24) is 10.2 Å². The zero-order valence-corrected chi connectivity index (χ0v) is 12.4. The van der Waals surface area contributed by atoms with Gasteiger partial charge in [-0.05, 0) is 17.7 Å². The molecule has 1 amide bonds. The van der Waals surface area contributed by atoms with E-state index in [-0.39, 0.29) is 11.9 Å². The number of rotatable bonds is 6. The van der Waals surface area contributed by atoms with Gasteiger partial charge in [0.25, 0.3) is 0 Å². The van der Waals surface area contributed by atoms with Gasteiger partial charge in [0.2, 0.25) is 5.91 Å². The van der Waals surface area contributed by atoms with Gasteiger partial charge < -0.3 is 20.5 Å². The zero-order chi connectivity index (χ0) is 15.1. The molecule has 0 bridgehead atoms. The van der Waals surface area contributed by atoms with Crippen LogP contribution in [0, 0.1) is 0 Å².